The first kappa shape index (κ1) is 24.2. The number of nitrogens with zero attached hydrogens (tertiary/aromatic N) is 1. The number of methoxy groups -OCH3 is 2. The second-order valence-corrected chi connectivity index (χ2v) is 8.60. The van der Waals surface area contributed by atoms with Crippen LogP contribution in [0.25, 0.3) is 0 Å². The van der Waals surface area contributed by atoms with Gasteiger partial charge < -0.3 is 18.6 Å². The van der Waals surface area contributed by atoms with Crippen molar-refractivity contribution in [2.45, 2.75) is 11.4 Å². The summed E-state index contributed by atoms with van der Waals surface area (Å²) in [6, 6.07) is 17.7. The summed E-state index contributed by atoms with van der Waals surface area (Å²) in [6.07, 6.45) is 0. The van der Waals surface area contributed by atoms with Gasteiger partial charge in [-0.05, 0) is 54.1 Å². The molecule has 3 aromatic rings. The van der Waals surface area contributed by atoms with Crippen molar-refractivity contribution in [1.29, 1.82) is 0 Å². The maximum absolute atomic E-state index is 13.1. The predicted molar refractivity (Wildman–Crippen MR) is 120 cm³/mol. The maximum Gasteiger partial charge on any atom is 0.339 e. The Morgan fingerprint density at radius 3 is 2.24 bits per heavy atom. The van der Waals surface area contributed by atoms with Crippen molar-refractivity contribution in [3.05, 3.63) is 89.7 Å². The number of carbonyl (C=O) groups is 1. The van der Waals surface area contributed by atoms with Gasteiger partial charge >= 0.3 is 10.1 Å². The second kappa shape index (κ2) is 10.9. The number of benzene rings is 3. The quantitative estimate of drug-likeness (QED) is 0.416. The van der Waals surface area contributed by atoms with Gasteiger partial charge in [0.1, 0.15) is 22.2 Å². The van der Waals surface area contributed by atoms with Crippen molar-refractivity contribution in [2.75, 3.05) is 27.4 Å². The van der Waals surface area contributed by atoms with Crippen molar-refractivity contribution < 1.29 is 31.3 Å². The minimum atomic E-state index is -4.10. The molecule has 0 spiro atoms. The van der Waals surface area contributed by atoms with Crippen LogP contribution in [0, 0.1) is 5.82 Å². The first-order valence-corrected chi connectivity index (χ1v) is 11.4. The molecule has 0 heterocycles. The first-order valence-electron chi connectivity index (χ1n) is 10.0. The highest BCUT2D eigenvalue weighted by Crippen LogP contribution is 2.23. The van der Waals surface area contributed by atoms with E-state index in [1.54, 1.807) is 48.4 Å². The fraction of sp³-hybridized carbons (Fsp3) is 0.208. The van der Waals surface area contributed by atoms with Crippen LogP contribution >= 0.6 is 0 Å². The first-order chi connectivity index (χ1) is 15.8. The number of ether oxygens (including phenoxy) is 2. The van der Waals surface area contributed by atoms with Gasteiger partial charge in [0.05, 0.1) is 19.3 Å². The molecule has 0 unspecified atom stereocenters. The third kappa shape index (κ3) is 6.30. The molecule has 0 radical (unpaired) electrons. The molecule has 0 fully saturated rings. The SMILES string of the molecule is COCCN(Cc1ccc(OS(=O)(=O)c2ccc(F)cc2)cc1)C(=O)c1ccccc1OC. The van der Waals surface area contributed by atoms with E-state index in [0.29, 0.717) is 24.5 Å². The van der Waals surface area contributed by atoms with E-state index >= 15 is 0 Å². The Kier molecular flexibility index (Phi) is 8.02. The van der Waals surface area contributed by atoms with E-state index in [4.69, 9.17) is 13.7 Å². The largest absolute Gasteiger partial charge is 0.496 e. The summed E-state index contributed by atoms with van der Waals surface area (Å²) in [5, 5.41) is 0. The summed E-state index contributed by atoms with van der Waals surface area (Å²) in [5.41, 5.74) is 1.20. The summed E-state index contributed by atoms with van der Waals surface area (Å²) in [6.45, 7) is 0.966. The van der Waals surface area contributed by atoms with Gasteiger partial charge in [0.2, 0.25) is 0 Å². The summed E-state index contributed by atoms with van der Waals surface area (Å²) < 4.78 is 53.4. The molecule has 0 N–H and O–H groups in total. The van der Waals surface area contributed by atoms with Crippen LogP contribution in [-0.2, 0) is 21.4 Å². The van der Waals surface area contributed by atoms with Gasteiger partial charge in [-0.15, -0.1) is 0 Å². The minimum absolute atomic E-state index is 0.0996. The Hall–Kier alpha value is -3.43. The van der Waals surface area contributed by atoms with Gasteiger partial charge in [-0.25, -0.2) is 4.39 Å². The zero-order valence-electron chi connectivity index (χ0n) is 18.2. The van der Waals surface area contributed by atoms with Crippen LogP contribution in [0.15, 0.2) is 77.7 Å². The molecule has 0 bridgehead atoms. The Bertz CT molecular complexity index is 1180. The number of halogens is 1. The average molecular weight is 474 g/mol. The Morgan fingerprint density at radius 2 is 1.61 bits per heavy atom. The number of amides is 1. The van der Waals surface area contributed by atoms with E-state index in [2.05, 4.69) is 0 Å². The van der Waals surface area contributed by atoms with Crippen LogP contribution in [0.4, 0.5) is 4.39 Å². The van der Waals surface area contributed by atoms with Crippen LogP contribution in [0.5, 0.6) is 11.5 Å². The molecule has 0 aliphatic rings. The fourth-order valence-corrected chi connectivity index (χ4v) is 4.02. The molecule has 0 saturated heterocycles. The number of rotatable bonds is 10. The molecule has 3 rings (SSSR count). The third-order valence-corrected chi connectivity index (χ3v) is 6.06. The molecule has 0 aliphatic heterocycles. The molecule has 0 saturated carbocycles. The number of para-hydroxylation sites is 1. The topological polar surface area (TPSA) is 82.1 Å². The average Bonchev–Trinajstić information content (AvgIpc) is 2.82. The molecular formula is C24H24FNO6S. The Labute approximate surface area is 192 Å². The van der Waals surface area contributed by atoms with Crippen molar-refractivity contribution in [1.82, 2.24) is 4.90 Å². The van der Waals surface area contributed by atoms with Crippen molar-refractivity contribution >= 4 is 16.0 Å². The van der Waals surface area contributed by atoms with Gasteiger partial charge in [0.15, 0.2) is 0 Å². The minimum Gasteiger partial charge on any atom is -0.496 e. The van der Waals surface area contributed by atoms with E-state index < -0.39 is 15.9 Å². The Balaban J connectivity index is 1.75. The number of hydrogen-bond donors (Lipinski definition) is 0. The third-order valence-electron chi connectivity index (χ3n) is 4.79. The summed E-state index contributed by atoms with van der Waals surface area (Å²) >= 11 is 0. The zero-order valence-corrected chi connectivity index (χ0v) is 19.0. The number of carbonyl (C=O) groups excluding carboxylic acids is 1. The van der Waals surface area contributed by atoms with Gasteiger partial charge in [-0.1, -0.05) is 24.3 Å². The normalized spacial score (nSPS) is 11.1. The smallest absolute Gasteiger partial charge is 0.339 e. The van der Waals surface area contributed by atoms with E-state index in [1.807, 2.05) is 0 Å². The lowest BCUT2D eigenvalue weighted by molar-refractivity contribution is 0.0677. The van der Waals surface area contributed by atoms with Crippen LogP contribution in [0.1, 0.15) is 15.9 Å². The summed E-state index contributed by atoms with van der Waals surface area (Å²) in [7, 11) is -1.04. The molecule has 0 aliphatic carbocycles. The molecule has 7 nitrogen and oxygen atoms in total. The van der Waals surface area contributed by atoms with Crippen LogP contribution in [0.2, 0.25) is 0 Å². The van der Waals surface area contributed by atoms with E-state index in [0.717, 1.165) is 29.8 Å². The highest BCUT2D eigenvalue weighted by molar-refractivity contribution is 7.87. The van der Waals surface area contributed by atoms with Gasteiger partial charge in [-0.2, -0.15) is 8.42 Å². The highest BCUT2D eigenvalue weighted by atomic mass is 32.2. The van der Waals surface area contributed by atoms with E-state index in [1.165, 1.54) is 19.2 Å². The second-order valence-electron chi connectivity index (χ2n) is 7.06. The molecule has 174 valence electrons. The van der Waals surface area contributed by atoms with Crippen LogP contribution < -0.4 is 8.92 Å². The Morgan fingerprint density at radius 1 is 0.939 bits per heavy atom. The standard InChI is InChI=1S/C24H24FNO6S/c1-30-16-15-26(24(27)22-5-3-4-6-23(22)31-2)17-18-7-11-20(12-8-18)32-33(28,29)21-13-9-19(25)10-14-21/h3-14H,15-17H2,1-2H3. The molecule has 33 heavy (non-hydrogen) atoms. The van der Waals surface area contributed by atoms with Crippen molar-refractivity contribution in [3.8, 4) is 11.5 Å². The highest BCUT2D eigenvalue weighted by Gasteiger charge is 2.20. The van der Waals surface area contributed by atoms with Crippen LogP contribution in [-0.4, -0.2) is 46.6 Å². The maximum atomic E-state index is 13.1. The lowest BCUT2D eigenvalue weighted by atomic mass is 10.1. The van der Waals surface area contributed by atoms with Crippen LogP contribution in [0.3, 0.4) is 0 Å². The van der Waals surface area contributed by atoms with Crippen molar-refractivity contribution in [3.63, 3.8) is 0 Å². The molecule has 1 amide bonds. The molecule has 3 aromatic carbocycles. The van der Waals surface area contributed by atoms with E-state index in [9.17, 15) is 17.6 Å². The fourth-order valence-electron chi connectivity index (χ4n) is 3.09. The molecule has 0 aromatic heterocycles. The van der Waals surface area contributed by atoms with E-state index in [-0.39, 0.29) is 23.1 Å². The van der Waals surface area contributed by atoms with Gasteiger partial charge in [-0.3, -0.25) is 4.79 Å². The summed E-state index contributed by atoms with van der Waals surface area (Å²) in [5.74, 6) is -0.190. The zero-order chi connectivity index (χ0) is 23.8. The molecule has 9 heteroatoms. The van der Waals surface area contributed by atoms with Crippen molar-refractivity contribution in [2.24, 2.45) is 0 Å². The summed E-state index contributed by atoms with van der Waals surface area (Å²) in [4.78, 5) is 14.6. The van der Waals surface area contributed by atoms with Gasteiger partial charge in [0.25, 0.3) is 5.91 Å². The molecular weight excluding hydrogens is 449 g/mol. The monoisotopic (exact) mass is 473 g/mol. The lowest BCUT2D eigenvalue weighted by Crippen LogP contribution is -2.33. The number of hydrogen-bond acceptors (Lipinski definition) is 6. The lowest BCUT2D eigenvalue weighted by Gasteiger charge is -2.23. The molecule has 0 atom stereocenters. The predicted octanol–water partition coefficient (Wildman–Crippen LogP) is 3.89. The van der Waals surface area contributed by atoms with Gasteiger partial charge in [0, 0.05) is 20.2 Å².